The molecular weight excluding hydrogens is 342 g/mol. The van der Waals surface area contributed by atoms with Crippen LogP contribution < -0.4 is 20.7 Å². The number of hydrogen-bond donors (Lipinski definition) is 3. The zero-order valence-corrected chi connectivity index (χ0v) is 16.1. The Hall–Kier alpha value is -2.24. The van der Waals surface area contributed by atoms with E-state index >= 15 is 0 Å². The summed E-state index contributed by atoms with van der Waals surface area (Å²) in [6.07, 6.45) is 7.18. The average Bonchev–Trinajstić information content (AvgIpc) is 2.60. The lowest BCUT2D eigenvalue weighted by Crippen LogP contribution is -2.62. The van der Waals surface area contributed by atoms with Crippen LogP contribution in [0.1, 0.15) is 45.4 Å². The number of anilines is 1. The largest absolute Gasteiger partial charge is 0.497 e. The number of imide groups is 1. The summed E-state index contributed by atoms with van der Waals surface area (Å²) in [6.45, 7) is 1.75. The molecular formula is C21H29N3O3. The summed E-state index contributed by atoms with van der Waals surface area (Å²) in [7, 11) is 1.61. The summed E-state index contributed by atoms with van der Waals surface area (Å²) in [5, 5.41) is 8.81. The standard InChI is InChI=1S/C21H29N3O3/c1-13(22-17-3-5-18(27-2)6-4-17)19(25)23-20(26)24-21-10-14-7-15(11-21)9-16(8-14)12-21/h3-6,13-16,22H,7-12H2,1-2H3,(H2,23,24,25,26). The van der Waals surface area contributed by atoms with Gasteiger partial charge in [0.15, 0.2) is 0 Å². The monoisotopic (exact) mass is 371 g/mol. The molecule has 146 valence electrons. The number of urea groups is 1. The molecule has 0 aliphatic heterocycles. The molecule has 1 aromatic rings. The molecule has 1 unspecified atom stereocenters. The number of amides is 3. The van der Waals surface area contributed by atoms with Gasteiger partial charge in [-0.1, -0.05) is 0 Å². The maximum Gasteiger partial charge on any atom is 0.321 e. The van der Waals surface area contributed by atoms with Gasteiger partial charge >= 0.3 is 6.03 Å². The third-order valence-corrected chi connectivity index (χ3v) is 6.52. The SMILES string of the molecule is COc1ccc(NC(C)C(=O)NC(=O)NC23CC4CC(CC(C4)C2)C3)cc1. The molecule has 3 amide bonds. The Bertz CT molecular complexity index is 681. The highest BCUT2D eigenvalue weighted by Gasteiger charge is 2.51. The molecule has 6 nitrogen and oxygen atoms in total. The van der Waals surface area contributed by atoms with Gasteiger partial charge in [0.1, 0.15) is 11.8 Å². The molecule has 27 heavy (non-hydrogen) atoms. The highest BCUT2D eigenvalue weighted by Crippen LogP contribution is 2.55. The molecule has 0 saturated heterocycles. The maximum absolute atomic E-state index is 12.5. The molecule has 4 aliphatic rings. The van der Waals surface area contributed by atoms with E-state index in [-0.39, 0.29) is 17.5 Å². The summed E-state index contributed by atoms with van der Waals surface area (Å²) < 4.78 is 5.13. The van der Waals surface area contributed by atoms with Gasteiger partial charge in [0.2, 0.25) is 5.91 Å². The van der Waals surface area contributed by atoms with Crippen molar-refractivity contribution in [2.45, 2.75) is 57.0 Å². The van der Waals surface area contributed by atoms with Crippen LogP contribution in [0.5, 0.6) is 5.75 Å². The van der Waals surface area contributed by atoms with Crippen LogP contribution in [0.25, 0.3) is 0 Å². The van der Waals surface area contributed by atoms with Crippen molar-refractivity contribution in [3.05, 3.63) is 24.3 Å². The fraction of sp³-hybridized carbons (Fsp3) is 0.619. The minimum Gasteiger partial charge on any atom is -0.497 e. The normalized spacial score (nSPS) is 31.9. The molecule has 4 aliphatic carbocycles. The third kappa shape index (κ3) is 3.89. The van der Waals surface area contributed by atoms with Crippen LogP contribution >= 0.6 is 0 Å². The summed E-state index contributed by atoms with van der Waals surface area (Å²) in [5.41, 5.74) is 0.714. The molecule has 0 heterocycles. The smallest absolute Gasteiger partial charge is 0.321 e. The number of carbonyl (C=O) groups excluding carboxylic acids is 2. The number of methoxy groups -OCH3 is 1. The van der Waals surface area contributed by atoms with E-state index in [0.29, 0.717) is 0 Å². The van der Waals surface area contributed by atoms with Gasteiger partial charge in [0, 0.05) is 11.2 Å². The van der Waals surface area contributed by atoms with E-state index in [0.717, 1.165) is 48.5 Å². The Balaban J connectivity index is 1.30. The zero-order chi connectivity index (χ0) is 19.0. The van der Waals surface area contributed by atoms with Crippen molar-refractivity contribution in [1.82, 2.24) is 10.6 Å². The number of rotatable bonds is 5. The van der Waals surface area contributed by atoms with Crippen molar-refractivity contribution >= 4 is 17.6 Å². The minimum absolute atomic E-state index is 0.0915. The van der Waals surface area contributed by atoms with E-state index in [4.69, 9.17) is 4.74 Å². The zero-order valence-electron chi connectivity index (χ0n) is 16.1. The third-order valence-electron chi connectivity index (χ3n) is 6.52. The molecule has 4 bridgehead atoms. The highest BCUT2D eigenvalue weighted by molar-refractivity contribution is 5.98. The fourth-order valence-corrected chi connectivity index (χ4v) is 5.76. The molecule has 1 atom stereocenters. The molecule has 5 rings (SSSR count). The average molecular weight is 371 g/mol. The predicted octanol–water partition coefficient (Wildman–Crippen LogP) is 3.29. The number of hydrogen-bond acceptors (Lipinski definition) is 4. The number of benzene rings is 1. The van der Waals surface area contributed by atoms with Crippen molar-refractivity contribution < 1.29 is 14.3 Å². The van der Waals surface area contributed by atoms with Gasteiger partial charge in [-0.15, -0.1) is 0 Å². The van der Waals surface area contributed by atoms with Crippen molar-refractivity contribution in [3.63, 3.8) is 0 Å². The Morgan fingerprint density at radius 1 is 1.04 bits per heavy atom. The molecule has 3 N–H and O–H groups in total. The summed E-state index contributed by atoms with van der Waals surface area (Å²) in [4.78, 5) is 24.9. The summed E-state index contributed by atoms with van der Waals surface area (Å²) >= 11 is 0. The topological polar surface area (TPSA) is 79.5 Å². The molecule has 0 spiro atoms. The second-order valence-electron chi connectivity index (χ2n) is 8.74. The van der Waals surface area contributed by atoms with Gasteiger partial charge in [-0.3, -0.25) is 10.1 Å². The van der Waals surface area contributed by atoms with Gasteiger partial charge in [-0.25, -0.2) is 4.79 Å². The first kappa shape index (κ1) is 18.1. The lowest BCUT2D eigenvalue weighted by Gasteiger charge is -2.56. The number of nitrogens with one attached hydrogen (secondary N) is 3. The molecule has 6 heteroatoms. The Morgan fingerprint density at radius 3 is 2.11 bits per heavy atom. The quantitative estimate of drug-likeness (QED) is 0.742. The van der Waals surface area contributed by atoms with Crippen molar-refractivity contribution in [3.8, 4) is 5.75 Å². The van der Waals surface area contributed by atoms with Crippen LogP contribution in [0.2, 0.25) is 0 Å². The van der Waals surface area contributed by atoms with E-state index in [1.165, 1.54) is 19.3 Å². The van der Waals surface area contributed by atoms with Crippen LogP contribution in [-0.4, -0.2) is 30.6 Å². The van der Waals surface area contributed by atoms with Gasteiger partial charge in [0.25, 0.3) is 0 Å². The number of ether oxygens (including phenoxy) is 1. The van der Waals surface area contributed by atoms with E-state index in [1.807, 2.05) is 24.3 Å². The summed E-state index contributed by atoms with van der Waals surface area (Å²) in [5.74, 6) is 2.69. The molecule has 4 fully saturated rings. The van der Waals surface area contributed by atoms with E-state index in [2.05, 4.69) is 16.0 Å². The van der Waals surface area contributed by atoms with Crippen LogP contribution in [0.3, 0.4) is 0 Å². The van der Waals surface area contributed by atoms with Crippen molar-refractivity contribution in [1.29, 1.82) is 0 Å². The van der Waals surface area contributed by atoms with Gasteiger partial charge in [-0.2, -0.15) is 0 Å². The summed E-state index contributed by atoms with van der Waals surface area (Å²) in [6, 6.07) is 6.47. The van der Waals surface area contributed by atoms with Crippen molar-refractivity contribution in [2.24, 2.45) is 17.8 Å². The Morgan fingerprint density at radius 2 is 1.59 bits per heavy atom. The van der Waals surface area contributed by atoms with E-state index < -0.39 is 6.04 Å². The van der Waals surface area contributed by atoms with Crippen LogP contribution in [0, 0.1) is 17.8 Å². The van der Waals surface area contributed by atoms with Gasteiger partial charge < -0.3 is 15.4 Å². The lowest BCUT2D eigenvalue weighted by molar-refractivity contribution is -0.120. The first-order chi connectivity index (χ1) is 12.9. The Labute approximate surface area is 160 Å². The number of carbonyl (C=O) groups is 2. The first-order valence-corrected chi connectivity index (χ1v) is 9.98. The minimum atomic E-state index is -0.513. The Kier molecular flexibility index (Phi) is 4.74. The van der Waals surface area contributed by atoms with E-state index in [1.54, 1.807) is 14.0 Å². The molecule has 4 saturated carbocycles. The van der Waals surface area contributed by atoms with Crippen molar-refractivity contribution in [2.75, 3.05) is 12.4 Å². The molecule has 1 aromatic carbocycles. The van der Waals surface area contributed by atoms with Gasteiger partial charge in [0.05, 0.1) is 7.11 Å². The predicted molar refractivity (Wildman–Crippen MR) is 104 cm³/mol. The lowest BCUT2D eigenvalue weighted by atomic mass is 9.53. The van der Waals surface area contributed by atoms with E-state index in [9.17, 15) is 9.59 Å². The first-order valence-electron chi connectivity index (χ1n) is 9.98. The maximum atomic E-state index is 12.5. The second-order valence-corrected chi connectivity index (χ2v) is 8.74. The highest BCUT2D eigenvalue weighted by atomic mass is 16.5. The molecule has 0 radical (unpaired) electrons. The van der Waals surface area contributed by atoms with Crippen LogP contribution in [-0.2, 0) is 4.79 Å². The van der Waals surface area contributed by atoms with Gasteiger partial charge in [-0.05, 0) is 87.5 Å². The molecule has 0 aromatic heterocycles. The van der Waals surface area contributed by atoms with Crippen LogP contribution in [0.4, 0.5) is 10.5 Å². The van der Waals surface area contributed by atoms with Crippen LogP contribution in [0.15, 0.2) is 24.3 Å². The fourth-order valence-electron chi connectivity index (χ4n) is 5.76. The second kappa shape index (κ2) is 7.06.